The van der Waals surface area contributed by atoms with Crippen LogP contribution in [-0.2, 0) is 80.1 Å². The second-order valence-corrected chi connectivity index (χ2v) is 48.4. The van der Waals surface area contributed by atoms with Crippen molar-refractivity contribution in [2.45, 2.75) is 470 Å². The molecule has 0 saturated carbocycles. The fourth-order valence-corrected chi connectivity index (χ4v) is 16.5. The molecule has 0 saturated heterocycles. The summed E-state index contributed by atoms with van der Waals surface area (Å²) in [7, 11) is 2.75. The fourth-order valence-electron chi connectivity index (χ4n) is 16.5. The first-order valence-electron chi connectivity index (χ1n) is 52.9. The van der Waals surface area contributed by atoms with Crippen molar-refractivity contribution in [1.29, 1.82) is 0 Å². The number of methoxy groups -OCH3 is 2. The normalized spacial score (nSPS) is 14.3. The lowest BCUT2D eigenvalue weighted by Gasteiger charge is -2.26. The Kier molecular flexibility index (Phi) is 67.2. The number of carbonyl (C=O) groups excluding carboxylic acids is 8. The number of rotatable bonds is 71. The Hall–Kier alpha value is -8.42. The number of hydrogen-bond acceptors (Lipinski definition) is 26. The highest BCUT2D eigenvalue weighted by atomic mass is 16.6. The Morgan fingerprint density at radius 2 is 0.397 bits per heavy atom. The Balaban J connectivity index is 0.00000183. The predicted molar refractivity (Wildman–Crippen MR) is 571 cm³/mol. The summed E-state index contributed by atoms with van der Waals surface area (Å²) in [5.74, 6) is -2.15. The summed E-state index contributed by atoms with van der Waals surface area (Å²) in [5, 5.41) is 120. The van der Waals surface area contributed by atoms with Crippen molar-refractivity contribution in [1.82, 2.24) is 0 Å². The summed E-state index contributed by atoms with van der Waals surface area (Å²) in [6, 6.07) is 37.2. The molecule has 4 rings (SSSR count). The largest absolute Gasteiger partial charge is 0.481 e. The molecule has 4 aromatic carbocycles. The van der Waals surface area contributed by atoms with Gasteiger partial charge in [0.05, 0.1) is 127 Å². The highest BCUT2D eigenvalue weighted by Crippen LogP contribution is 2.39. The molecule has 0 bridgehead atoms. The number of ether oxygens (including phenoxy) is 6. The van der Waals surface area contributed by atoms with Crippen molar-refractivity contribution < 1.29 is 138 Å². The quantitative estimate of drug-likeness (QED) is 0.00845. The molecule has 10 atom stereocenters. The lowest BCUT2D eigenvalue weighted by atomic mass is 9.82. The van der Waals surface area contributed by atoms with Crippen LogP contribution in [0.4, 0.5) is 0 Å². The number of carbonyl (C=O) groups is 10. The fraction of sp³-hybridized carbons (Fsp3) is 0.712. The monoisotopic (exact) mass is 2060 g/mol. The number of carboxylic acids is 2. The van der Waals surface area contributed by atoms with Gasteiger partial charge in [-0.05, 0) is 282 Å². The van der Waals surface area contributed by atoms with Crippen molar-refractivity contribution >= 4 is 60.3 Å². The van der Waals surface area contributed by atoms with Gasteiger partial charge >= 0.3 is 47.8 Å². The molecule has 28 heteroatoms. The molecule has 12 N–H and O–H groups in total. The van der Waals surface area contributed by atoms with Crippen LogP contribution in [0.25, 0.3) is 0 Å². The number of carboxylic acid groups (broad SMARTS) is 2. The third kappa shape index (κ3) is 77.0. The van der Waals surface area contributed by atoms with Crippen molar-refractivity contribution in [3.8, 4) is 11.5 Å². The molecule has 834 valence electrons. The van der Waals surface area contributed by atoms with Crippen molar-refractivity contribution in [2.75, 3.05) is 14.2 Å². The molecule has 0 fully saturated rings. The van der Waals surface area contributed by atoms with Crippen molar-refractivity contribution in [3.63, 3.8) is 0 Å². The van der Waals surface area contributed by atoms with E-state index in [4.69, 9.17) is 38.6 Å². The zero-order valence-electron chi connectivity index (χ0n) is 93.1. The van der Waals surface area contributed by atoms with Crippen LogP contribution < -0.4 is 9.47 Å². The molecule has 0 heterocycles. The lowest BCUT2D eigenvalue weighted by molar-refractivity contribution is -0.148. The highest BCUT2D eigenvalue weighted by Gasteiger charge is 2.34. The molecule has 146 heavy (non-hydrogen) atoms. The van der Waals surface area contributed by atoms with E-state index in [-0.39, 0.29) is 142 Å². The summed E-state index contributed by atoms with van der Waals surface area (Å²) >= 11 is 0. The first kappa shape index (κ1) is 138. The predicted octanol–water partition coefficient (Wildman–Crippen LogP) is 22.0. The molecule has 0 spiro atoms. The molecular formula is C118H194O28. The summed E-state index contributed by atoms with van der Waals surface area (Å²) in [6.07, 6.45) is 17.4. The van der Waals surface area contributed by atoms with Crippen LogP contribution in [0.2, 0.25) is 0 Å². The maximum Gasteiger partial charge on any atom is 0.311 e. The maximum atomic E-state index is 12.3. The molecule has 0 amide bonds. The number of aliphatic hydroxyl groups is 10. The van der Waals surface area contributed by atoms with Gasteiger partial charge in [0.15, 0.2) is 0 Å². The molecule has 28 nitrogen and oxygen atoms in total. The minimum absolute atomic E-state index is 0.0692. The summed E-state index contributed by atoms with van der Waals surface area (Å²) in [5.41, 5.74) is -0.543. The molecule has 0 aromatic heterocycles. The van der Waals surface area contributed by atoms with Crippen LogP contribution in [0.1, 0.15) is 406 Å². The van der Waals surface area contributed by atoms with E-state index in [1.807, 2.05) is 236 Å². The van der Waals surface area contributed by atoms with Crippen molar-refractivity contribution in [3.05, 3.63) is 132 Å². The van der Waals surface area contributed by atoms with Gasteiger partial charge in [0.25, 0.3) is 0 Å². The van der Waals surface area contributed by atoms with Gasteiger partial charge < -0.3 is 99.3 Å². The molecular weight excluding hydrogens is 1870 g/mol. The second kappa shape index (κ2) is 71.4. The first-order chi connectivity index (χ1) is 67.7. The molecule has 4 aromatic rings. The van der Waals surface area contributed by atoms with Gasteiger partial charge in [-0.15, -0.1) is 0 Å². The van der Waals surface area contributed by atoms with Crippen molar-refractivity contribution in [2.24, 2.45) is 54.1 Å². The minimum atomic E-state index is -0.839. The zero-order valence-corrected chi connectivity index (χ0v) is 93.1. The maximum absolute atomic E-state index is 12.3. The van der Waals surface area contributed by atoms with E-state index in [1.54, 1.807) is 24.3 Å². The van der Waals surface area contributed by atoms with E-state index >= 15 is 0 Å². The molecule has 0 radical (unpaired) electrons. The number of hydrogen-bond donors (Lipinski definition) is 12. The van der Waals surface area contributed by atoms with E-state index < -0.39 is 73.0 Å². The van der Waals surface area contributed by atoms with E-state index in [0.29, 0.717) is 217 Å². The van der Waals surface area contributed by atoms with Crippen LogP contribution in [-0.4, -0.2) is 197 Å². The average molecular weight is 2060 g/mol. The smallest absolute Gasteiger partial charge is 0.311 e. The number of aldehydes is 2. The standard InChI is InChI=1S/C32H46O6.C30H42O6.C20H38O6.C18H34O6.C18H34O4/c1-31(2,21-29(35)37-23-25-11-7-5-8-12-25)19-17-27(33)15-16-28(34)18-20-32(3,4)22-30(36)38-24-26-13-9-6-10-14-26;1-29(2,21-27(33)35-25-11-7-5-8-12-25)19-17-23(31)15-16-24(32)18-20-30(3,4)22-28(34)36-26-13-9-6-10-14-26;1-19(2,13-17(23)25-5)11-9-15(21)7-8-16(22)10-12-20(3,4)14-18(24)26-6;1-17(2,11-15(21)22)9-7-13(19)5-6-14(20)8-10-18(3,4)12-16(23)24;1-17(2,11-13-19)9-7-15(21)5-6-16(22)8-10-18(3,4)12-14-20/h5-14,27-28,33-34H,15-24H2,1-4H3;5-14,23-24,31-32H,15-22H2,1-4H3;15-16,21-22H,7-14H2,1-6H3;13-14,19-20H,5-12H2,1-4H3,(H,21,22)(H,23,24);13-16,21-22H,5-12H2,1-4H3. The summed E-state index contributed by atoms with van der Waals surface area (Å²) in [6.45, 7) is 40.0. The second-order valence-electron chi connectivity index (χ2n) is 48.4. The Bertz CT molecular complexity index is 3950. The van der Waals surface area contributed by atoms with Gasteiger partial charge in [-0.25, -0.2) is 0 Å². The number of esters is 6. The third-order valence-electron chi connectivity index (χ3n) is 26.9. The van der Waals surface area contributed by atoms with Gasteiger partial charge in [-0.1, -0.05) is 236 Å². The van der Waals surface area contributed by atoms with Crippen LogP contribution in [0.3, 0.4) is 0 Å². The molecule has 0 aliphatic heterocycles. The first-order valence-corrected chi connectivity index (χ1v) is 52.9. The van der Waals surface area contributed by atoms with Gasteiger partial charge in [0.1, 0.15) is 37.3 Å². The van der Waals surface area contributed by atoms with Gasteiger partial charge in [-0.3, -0.25) is 38.4 Å². The zero-order chi connectivity index (χ0) is 111. The number of benzene rings is 4. The highest BCUT2D eigenvalue weighted by molar-refractivity contribution is 5.74. The molecule has 0 aliphatic rings. The Morgan fingerprint density at radius 3 is 0.575 bits per heavy atom. The lowest BCUT2D eigenvalue weighted by Crippen LogP contribution is -2.24. The van der Waals surface area contributed by atoms with Gasteiger partial charge in [-0.2, -0.15) is 0 Å². The van der Waals surface area contributed by atoms with E-state index in [1.165, 1.54) is 14.2 Å². The number of aliphatic hydroxyl groups excluding tert-OH is 10. The SMILES string of the molecule is CC(C)(CC=O)CCC(O)CCC(O)CCC(C)(C)CC=O.CC(C)(CCC(O)CCC(O)CCC(C)(C)CC(=O)O)CC(=O)O.CC(C)(CCC(O)CCC(O)CCC(C)(C)CC(=O)OCc1ccccc1)CC(=O)OCc1ccccc1.CC(C)(CCC(O)CCC(O)CCC(C)(C)CC(=O)Oc1ccccc1)CC(=O)Oc1ccccc1.COC(=O)CC(C)(C)CCC(O)CCC(O)CCC(C)(C)CC(=O)OC. The van der Waals surface area contributed by atoms with E-state index in [9.17, 15) is 99.0 Å². The number of para-hydroxylation sites is 2. The molecule has 0 aliphatic carbocycles. The van der Waals surface area contributed by atoms with Crippen LogP contribution in [0.15, 0.2) is 121 Å². The summed E-state index contributed by atoms with van der Waals surface area (Å²) < 4.78 is 30.9. The van der Waals surface area contributed by atoms with Crippen LogP contribution in [0.5, 0.6) is 11.5 Å². The summed E-state index contributed by atoms with van der Waals surface area (Å²) in [4.78, 5) is 114. The van der Waals surface area contributed by atoms with Crippen LogP contribution >= 0.6 is 0 Å². The average Bonchev–Trinajstić information content (AvgIpc) is 0.885. The van der Waals surface area contributed by atoms with E-state index in [2.05, 4.69) is 0 Å². The minimum Gasteiger partial charge on any atom is -0.481 e. The van der Waals surface area contributed by atoms with Gasteiger partial charge in [0, 0.05) is 12.8 Å². The number of aliphatic carboxylic acids is 2. The van der Waals surface area contributed by atoms with Crippen LogP contribution in [0, 0.1) is 54.1 Å². The molecule has 10 unspecified atom stereocenters. The van der Waals surface area contributed by atoms with Gasteiger partial charge in [0.2, 0.25) is 0 Å². The third-order valence-corrected chi connectivity index (χ3v) is 26.9. The van der Waals surface area contributed by atoms with E-state index in [0.717, 1.165) is 36.5 Å². The topological polar surface area (TPSA) is 469 Å². The Labute approximate surface area is 875 Å². The Morgan fingerprint density at radius 1 is 0.233 bits per heavy atom.